The second-order valence-corrected chi connectivity index (χ2v) is 14.4. The predicted octanol–water partition coefficient (Wildman–Crippen LogP) is 6.12. The summed E-state index contributed by atoms with van der Waals surface area (Å²) >= 11 is 0. The lowest BCUT2D eigenvalue weighted by atomic mass is 9.34. The highest BCUT2D eigenvalue weighted by Gasteiger charge is 2.74. The molecule has 0 heterocycles. The Kier molecular flexibility index (Phi) is 5.20. The van der Waals surface area contributed by atoms with Gasteiger partial charge in [-0.2, -0.15) is 0 Å². The molecule has 5 fully saturated rings. The van der Waals surface area contributed by atoms with E-state index in [0.717, 1.165) is 63.2 Å². The summed E-state index contributed by atoms with van der Waals surface area (Å²) in [4.78, 5) is 25.2. The van der Waals surface area contributed by atoms with Crippen molar-refractivity contribution in [3.63, 3.8) is 0 Å². The molecule has 5 saturated carbocycles. The van der Waals surface area contributed by atoms with Gasteiger partial charge in [-0.1, -0.05) is 46.8 Å². The van der Waals surface area contributed by atoms with Gasteiger partial charge in [0.15, 0.2) is 0 Å². The molecule has 0 radical (unpaired) electrons. The van der Waals surface area contributed by atoms with Gasteiger partial charge in [0, 0.05) is 5.92 Å². The first-order valence-corrected chi connectivity index (χ1v) is 13.8. The van der Waals surface area contributed by atoms with E-state index in [2.05, 4.69) is 48.1 Å². The fraction of sp³-hybridized carbons (Fsp3) is 0.867. The smallest absolute Gasteiger partial charge is 0.309 e. The van der Waals surface area contributed by atoms with Crippen LogP contribution in [0.4, 0.5) is 0 Å². The molecule has 0 spiro atoms. The summed E-state index contributed by atoms with van der Waals surface area (Å²) in [5, 5.41) is 21.8. The van der Waals surface area contributed by atoms with Crippen LogP contribution in [0.2, 0.25) is 0 Å². The molecule has 5 aliphatic rings. The Morgan fingerprint density at radius 3 is 2.18 bits per heavy atom. The van der Waals surface area contributed by atoms with E-state index in [-0.39, 0.29) is 33.5 Å². The van der Waals surface area contributed by atoms with Gasteiger partial charge in [-0.15, -0.1) is 0 Å². The number of carboxylic acids is 1. The van der Waals surface area contributed by atoms with Gasteiger partial charge in [-0.05, 0) is 110 Å². The summed E-state index contributed by atoms with van der Waals surface area (Å²) in [5.41, 5.74) is 0.153. The highest BCUT2D eigenvalue weighted by molar-refractivity contribution is 5.76. The van der Waals surface area contributed by atoms with Crippen LogP contribution in [-0.2, 0) is 9.59 Å². The van der Waals surface area contributed by atoms with Crippen molar-refractivity contribution >= 4 is 12.3 Å². The zero-order valence-corrected chi connectivity index (χ0v) is 22.2. The lowest BCUT2D eigenvalue weighted by Crippen LogP contribution is -2.65. The Hall–Kier alpha value is -1.16. The van der Waals surface area contributed by atoms with Crippen LogP contribution in [-0.4, -0.2) is 28.6 Å². The first-order valence-electron chi connectivity index (χ1n) is 13.8. The molecule has 0 bridgehead atoms. The number of aliphatic hydroxyl groups excluding tert-OH is 1. The summed E-state index contributed by atoms with van der Waals surface area (Å²) in [6.45, 7) is 18.0. The van der Waals surface area contributed by atoms with Gasteiger partial charge >= 0.3 is 5.97 Å². The van der Waals surface area contributed by atoms with Gasteiger partial charge in [0.2, 0.25) is 0 Å². The van der Waals surface area contributed by atoms with Crippen LogP contribution in [0.5, 0.6) is 0 Å². The Balaban J connectivity index is 1.61. The molecule has 0 aromatic rings. The fourth-order valence-corrected chi connectivity index (χ4v) is 11.7. The van der Waals surface area contributed by atoms with E-state index >= 15 is 0 Å². The second kappa shape index (κ2) is 7.20. The van der Waals surface area contributed by atoms with E-state index < -0.39 is 17.5 Å². The van der Waals surface area contributed by atoms with Crippen LogP contribution < -0.4 is 0 Å². The van der Waals surface area contributed by atoms with E-state index in [1.54, 1.807) is 0 Å². The minimum Gasteiger partial charge on any atom is -0.481 e. The molecule has 0 aromatic heterocycles. The minimum absolute atomic E-state index is 0.0371. The number of aliphatic hydroxyl groups is 1. The van der Waals surface area contributed by atoms with E-state index in [4.69, 9.17) is 0 Å². The second-order valence-electron chi connectivity index (χ2n) is 14.4. The van der Waals surface area contributed by atoms with Crippen LogP contribution >= 0.6 is 0 Å². The SMILES string of the molecule is C=C(C)[C@@H]1CC[C@]2(C(=O)O)CC[C@]3(C)[C@H](CCC4[C@]5(C)C(CC[C@]43C)C(C)(C)[C@H](O)[C@H]5C=O)C12. The maximum absolute atomic E-state index is 12.8. The van der Waals surface area contributed by atoms with Gasteiger partial charge in [0.05, 0.1) is 11.5 Å². The summed E-state index contributed by atoms with van der Waals surface area (Å²) in [6.07, 6.45) is 8.13. The largest absolute Gasteiger partial charge is 0.481 e. The molecule has 0 aromatic carbocycles. The van der Waals surface area contributed by atoms with Crippen molar-refractivity contribution in [3.8, 4) is 0 Å². The topological polar surface area (TPSA) is 74.6 Å². The van der Waals surface area contributed by atoms with Crippen LogP contribution in [0.25, 0.3) is 0 Å². The van der Waals surface area contributed by atoms with Crippen molar-refractivity contribution < 1.29 is 19.8 Å². The van der Waals surface area contributed by atoms with Gasteiger partial charge in [0.25, 0.3) is 0 Å². The van der Waals surface area contributed by atoms with Crippen molar-refractivity contribution in [2.75, 3.05) is 0 Å². The monoisotopic (exact) mass is 470 g/mol. The van der Waals surface area contributed by atoms with Gasteiger partial charge in [-0.3, -0.25) is 4.79 Å². The van der Waals surface area contributed by atoms with Crippen LogP contribution in [0.1, 0.15) is 92.9 Å². The number of allylic oxidation sites excluding steroid dienone is 1. The molecule has 34 heavy (non-hydrogen) atoms. The maximum atomic E-state index is 12.8. The third-order valence-electron chi connectivity index (χ3n) is 13.5. The molecule has 190 valence electrons. The van der Waals surface area contributed by atoms with E-state index in [0.29, 0.717) is 23.7 Å². The first-order chi connectivity index (χ1) is 15.7. The molecule has 5 aliphatic carbocycles. The third kappa shape index (κ3) is 2.55. The molecule has 5 rings (SSSR count). The van der Waals surface area contributed by atoms with Gasteiger partial charge < -0.3 is 15.0 Å². The summed E-state index contributed by atoms with van der Waals surface area (Å²) in [6, 6.07) is 0. The van der Waals surface area contributed by atoms with E-state index in [9.17, 15) is 19.8 Å². The van der Waals surface area contributed by atoms with Crippen molar-refractivity contribution in [2.24, 2.45) is 62.6 Å². The quantitative estimate of drug-likeness (QED) is 0.385. The molecule has 3 unspecified atom stereocenters. The fourth-order valence-electron chi connectivity index (χ4n) is 11.7. The molecule has 0 amide bonds. The number of rotatable bonds is 3. The number of fused-ring (bicyclic) bond motifs is 7. The minimum atomic E-state index is -0.602. The first kappa shape index (κ1) is 24.5. The summed E-state index contributed by atoms with van der Waals surface area (Å²) in [7, 11) is 0. The standard InChI is InChI=1S/C30H46O4/c1-17(2)18-10-13-30(25(33)34)15-14-27(5)19(23(18)30)8-9-22-28(27,6)12-11-21-26(3,4)24(32)20(16-31)29(21,22)7/h16,18-24,32H,1,8-15H2,2-7H3,(H,33,34)/t18-,19+,20+,21?,22?,23?,24+,27+,28+,29-,30-/m0/s1. The van der Waals surface area contributed by atoms with Gasteiger partial charge in [0.1, 0.15) is 6.29 Å². The lowest BCUT2D eigenvalue weighted by molar-refractivity contribution is -0.225. The molecular weight excluding hydrogens is 424 g/mol. The highest BCUT2D eigenvalue weighted by Crippen LogP contribution is 2.78. The van der Waals surface area contributed by atoms with Crippen molar-refractivity contribution in [3.05, 3.63) is 12.2 Å². The number of aldehydes is 1. The molecule has 0 aliphatic heterocycles. The number of carbonyl (C=O) groups is 2. The third-order valence-corrected chi connectivity index (χ3v) is 13.5. The number of hydrogen-bond donors (Lipinski definition) is 2. The molecule has 2 N–H and O–H groups in total. The van der Waals surface area contributed by atoms with Crippen molar-refractivity contribution in [1.29, 1.82) is 0 Å². The maximum Gasteiger partial charge on any atom is 0.309 e. The average molecular weight is 471 g/mol. The highest BCUT2D eigenvalue weighted by atomic mass is 16.4. The number of aliphatic carboxylic acids is 1. The Morgan fingerprint density at radius 1 is 0.912 bits per heavy atom. The lowest BCUT2D eigenvalue weighted by Gasteiger charge is -2.70. The summed E-state index contributed by atoms with van der Waals surface area (Å²) < 4.78 is 0. The van der Waals surface area contributed by atoms with Crippen LogP contribution in [0.3, 0.4) is 0 Å². The normalized spacial score (nSPS) is 55.4. The summed E-state index contributed by atoms with van der Waals surface area (Å²) in [5.74, 6) is 0.617. The van der Waals surface area contributed by atoms with E-state index in [1.807, 2.05) is 0 Å². The predicted molar refractivity (Wildman–Crippen MR) is 133 cm³/mol. The van der Waals surface area contributed by atoms with Crippen molar-refractivity contribution in [2.45, 2.75) is 99.0 Å². The molecule has 4 nitrogen and oxygen atoms in total. The Bertz CT molecular complexity index is 923. The Morgan fingerprint density at radius 2 is 1.59 bits per heavy atom. The van der Waals surface area contributed by atoms with Crippen molar-refractivity contribution in [1.82, 2.24) is 0 Å². The zero-order valence-electron chi connectivity index (χ0n) is 22.2. The Labute approximate surface area is 206 Å². The number of carboxylic acid groups (broad SMARTS) is 1. The zero-order chi connectivity index (χ0) is 25.1. The molecule has 11 atom stereocenters. The van der Waals surface area contributed by atoms with Crippen LogP contribution in [0, 0.1) is 62.6 Å². The molecule has 4 heteroatoms. The van der Waals surface area contributed by atoms with E-state index in [1.165, 1.54) is 0 Å². The molecular formula is C30H46O4. The van der Waals surface area contributed by atoms with Gasteiger partial charge in [-0.25, -0.2) is 0 Å². The molecule has 0 saturated heterocycles. The number of carbonyl (C=O) groups excluding carboxylic acids is 1. The van der Waals surface area contributed by atoms with Crippen LogP contribution in [0.15, 0.2) is 12.2 Å². The average Bonchev–Trinajstić information content (AvgIpc) is 3.22. The number of hydrogen-bond acceptors (Lipinski definition) is 3.